The van der Waals surface area contributed by atoms with Crippen LogP contribution in [0.1, 0.15) is 12.5 Å². The first-order chi connectivity index (χ1) is 12.7. The Hall–Kier alpha value is -2.36. The molecule has 0 saturated carbocycles. The maximum absolute atomic E-state index is 12.2. The van der Waals surface area contributed by atoms with Crippen LogP contribution in [0.15, 0.2) is 58.3 Å². The lowest BCUT2D eigenvalue weighted by atomic mass is 10.2. The number of hydrogen-bond donors (Lipinski definition) is 2. The molecule has 2 aromatic carbocycles. The average Bonchev–Trinajstić information content (AvgIpc) is 2.60. The molecule has 0 aliphatic heterocycles. The summed E-state index contributed by atoms with van der Waals surface area (Å²) in [7, 11) is -3.88. The number of benzene rings is 2. The van der Waals surface area contributed by atoms with Gasteiger partial charge in [0.05, 0.1) is 10.6 Å². The molecule has 3 N–H and O–H groups in total. The largest absolute Gasteiger partial charge is 0.452 e. The first kappa shape index (κ1) is 20.9. The van der Waals surface area contributed by atoms with Gasteiger partial charge >= 0.3 is 5.97 Å². The molecule has 0 fully saturated rings. The molecule has 0 aliphatic rings. The van der Waals surface area contributed by atoms with Crippen LogP contribution < -0.4 is 10.5 Å². The van der Waals surface area contributed by atoms with Crippen LogP contribution in [0.4, 0.5) is 5.69 Å². The molecule has 144 valence electrons. The van der Waals surface area contributed by atoms with Crippen molar-refractivity contribution in [2.24, 2.45) is 5.14 Å². The number of sulfonamides is 1. The van der Waals surface area contributed by atoms with Crippen LogP contribution in [-0.2, 0) is 24.3 Å². The number of primary sulfonamides is 1. The molecule has 0 heterocycles. The Morgan fingerprint density at radius 1 is 1.19 bits per heavy atom. The molecule has 2 rings (SSSR count). The van der Waals surface area contributed by atoms with Crippen molar-refractivity contribution in [2.45, 2.75) is 29.7 Å². The first-order valence-electron chi connectivity index (χ1n) is 7.98. The lowest BCUT2D eigenvalue weighted by Gasteiger charge is -2.14. The van der Waals surface area contributed by atoms with Crippen LogP contribution in [0.2, 0.25) is 0 Å². The summed E-state index contributed by atoms with van der Waals surface area (Å²) < 4.78 is 27.8. The van der Waals surface area contributed by atoms with Gasteiger partial charge in [0.2, 0.25) is 10.0 Å². The average molecular weight is 409 g/mol. The van der Waals surface area contributed by atoms with Crippen LogP contribution in [0.5, 0.6) is 0 Å². The highest BCUT2D eigenvalue weighted by Crippen LogP contribution is 2.22. The fraction of sp³-hybridized carbons (Fsp3) is 0.222. The zero-order valence-corrected chi connectivity index (χ0v) is 16.5. The van der Waals surface area contributed by atoms with E-state index < -0.39 is 28.0 Å². The molecule has 0 aliphatic carbocycles. The molecular weight excluding hydrogens is 388 g/mol. The Labute approximate surface area is 162 Å². The number of hydrogen-bond acceptors (Lipinski definition) is 6. The van der Waals surface area contributed by atoms with Gasteiger partial charge in [-0.3, -0.25) is 9.59 Å². The topological polar surface area (TPSA) is 116 Å². The molecule has 1 amide bonds. The minimum atomic E-state index is -3.88. The first-order valence-corrected chi connectivity index (χ1v) is 10.5. The number of ether oxygens (including phenoxy) is 1. The maximum Gasteiger partial charge on any atom is 0.317 e. The maximum atomic E-state index is 12.2. The third-order valence-electron chi connectivity index (χ3n) is 3.55. The van der Waals surface area contributed by atoms with Crippen LogP contribution in [0, 0.1) is 6.92 Å². The van der Waals surface area contributed by atoms with Crippen LogP contribution in [-0.4, -0.2) is 32.2 Å². The van der Waals surface area contributed by atoms with Crippen LogP contribution in [0.3, 0.4) is 0 Å². The Bertz CT molecular complexity index is 944. The van der Waals surface area contributed by atoms with E-state index in [1.807, 2.05) is 31.2 Å². The quantitative estimate of drug-likeness (QED) is 0.536. The molecule has 0 saturated heterocycles. The number of carbonyl (C=O) groups excluding carboxylic acids is 2. The van der Waals surface area contributed by atoms with Crippen molar-refractivity contribution in [3.63, 3.8) is 0 Å². The van der Waals surface area contributed by atoms with E-state index in [1.54, 1.807) is 0 Å². The number of amides is 1. The number of nitrogens with one attached hydrogen (secondary N) is 1. The second-order valence-electron chi connectivity index (χ2n) is 5.75. The van der Waals surface area contributed by atoms with Gasteiger partial charge in [-0.25, -0.2) is 13.6 Å². The monoisotopic (exact) mass is 408 g/mol. The number of rotatable bonds is 7. The zero-order valence-electron chi connectivity index (χ0n) is 14.8. The highest BCUT2D eigenvalue weighted by molar-refractivity contribution is 8.00. The summed E-state index contributed by atoms with van der Waals surface area (Å²) in [6.07, 6.45) is -1.03. The highest BCUT2D eigenvalue weighted by Gasteiger charge is 2.19. The summed E-state index contributed by atoms with van der Waals surface area (Å²) >= 11 is 1.33. The summed E-state index contributed by atoms with van der Waals surface area (Å²) in [6.45, 7) is 3.38. The molecule has 0 unspecified atom stereocenters. The standard InChI is InChI=1S/C18H20N2O5S2/c1-12-6-3-4-9-16(12)26-11-17(21)25-13(2)18(22)20-14-7-5-8-15(10-14)27(19,23)24/h3-10,13H,11H2,1-2H3,(H,20,22)(H2,19,23,24)/t13-/m0/s1. The van der Waals surface area contributed by atoms with Gasteiger partial charge in [0.15, 0.2) is 6.10 Å². The second kappa shape index (κ2) is 9.03. The molecule has 9 heteroatoms. The number of anilines is 1. The van der Waals surface area contributed by atoms with Crippen molar-refractivity contribution in [2.75, 3.05) is 11.1 Å². The smallest absolute Gasteiger partial charge is 0.317 e. The summed E-state index contributed by atoms with van der Waals surface area (Å²) in [5.41, 5.74) is 1.29. The van der Waals surface area contributed by atoms with Crippen molar-refractivity contribution < 1.29 is 22.7 Å². The molecule has 0 radical (unpaired) electrons. The molecular formula is C18H20N2O5S2. The number of carbonyl (C=O) groups is 2. The molecule has 7 nitrogen and oxygen atoms in total. The third-order valence-corrected chi connectivity index (χ3v) is 5.61. The summed E-state index contributed by atoms with van der Waals surface area (Å²) in [6, 6.07) is 13.1. The van der Waals surface area contributed by atoms with Gasteiger partial charge in [0.1, 0.15) is 0 Å². The molecule has 0 aromatic heterocycles. The van der Waals surface area contributed by atoms with E-state index in [0.717, 1.165) is 10.5 Å². The van der Waals surface area contributed by atoms with E-state index in [-0.39, 0.29) is 16.3 Å². The lowest BCUT2D eigenvalue weighted by molar-refractivity contribution is -0.150. The van der Waals surface area contributed by atoms with Crippen molar-refractivity contribution in [3.05, 3.63) is 54.1 Å². The Morgan fingerprint density at radius 3 is 2.56 bits per heavy atom. The highest BCUT2D eigenvalue weighted by atomic mass is 32.2. The van der Waals surface area contributed by atoms with Crippen molar-refractivity contribution in [3.8, 4) is 0 Å². The minimum absolute atomic E-state index is 0.0728. The molecule has 1 atom stereocenters. The van der Waals surface area contributed by atoms with Crippen LogP contribution in [0.25, 0.3) is 0 Å². The SMILES string of the molecule is Cc1ccccc1SCC(=O)O[C@@H](C)C(=O)Nc1cccc(S(N)(=O)=O)c1. The third kappa shape index (κ3) is 6.38. The van der Waals surface area contributed by atoms with E-state index in [2.05, 4.69) is 5.32 Å². The van der Waals surface area contributed by atoms with Gasteiger partial charge in [-0.05, 0) is 43.7 Å². The number of nitrogens with two attached hydrogens (primary N) is 1. The summed E-state index contributed by atoms with van der Waals surface area (Å²) in [5.74, 6) is -1.02. The van der Waals surface area contributed by atoms with Gasteiger partial charge in [0, 0.05) is 10.6 Å². The molecule has 0 spiro atoms. The Kier molecular flexibility index (Phi) is 7.00. The summed E-state index contributed by atoms with van der Waals surface area (Å²) in [4.78, 5) is 25.0. The number of thioether (sulfide) groups is 1. The number of aryl methyl sites for hydroxylation is 1. The van der Waals surface area contributed by atoms with Gasteiger partial charge in [0.25, 0.3) is 5.91 Å². The molecule has 27 heavy (non-hydrogen) atoms. The minimum Gasteiger partial charge on any atom is -0.452 e. The van der Waals surface area contributed by atoms with Crippen molar-refractivity contribution in [1.29, 1.82) is 0 Å². The van der Waals surface area contributed by atoms with Crippen molar-refractivity contribution in [1.82, 2.24) is 0 Å². The normalized spacial score (nSPS) is 12.3. The van der Waals surface area contributed by atoms with E-state index in [4.69, 9.17) is 9.88 Å². The lowest BCUT2D eigenvalue weighted by Crippen LogP contribution is -2.30. The Balaban J connectivity index is 1.90. The zero-order chi connectivity index (χ0) is 20.0. The van der Waals surface area contributed by atoms with E-state index in [1.165, 1.54) is 43.0 Å². The van der Waals surface area contributed by atoms with Gasteiger partial charge < -0.3 is 10.1 Å². The fourth-order valence-electron chi connectivity index (χ4n) is 2.13. The predicted octanol–water partition coefficient (Wildman–Crippen LogP) is 2.30. The fourth-order valence-corrected chi connectivity index (χ4v) is 3.51. The number of esters is 1. The van der Waals surface area contributed by atoms with Crippen LogP contribution >= 0.6 is 11.8 Å². The van der Waals surface area contributed by atoms with E-state index in [9.17, 15) is 18.0 Å². The van der Waals surface area contributed by atoms with Gasteiger partial charge in [-0.2, -0.15) is 0 Å². The van der Waals surface area contributed by atoms with Gasteiger partial charge in [-0.15, -0.1) is 11.8 Å². The second-order valence-corrected chi connectivity index (χ2v) is 8.33. The molecule has 0 bridgehead atoms. The molecule has 2 aromatic rings. The van der Waals surface area contributed by atoms with Crippen molar-refractivity contribution >= 4 is 39.3 Å². The van der Waals surface area contributed by atoms with Gasteiger partial charge in [-0.1, -0.05) is 24.3 Å². The van der Waals surface area contributed by atoms with E-state index in [0.29, 0.717) is 0 Å². The van der Waals surface area contributed by atoms with E-state index >= 15 is 0 Å². The Morgan fingerprint density at radius 2 is 1.89 bits per heavy atom. The summed E-state index contributed by atoms with van der Waals surface area (Å²) in [5, 5.41) is 7.56. The predicted molar refractivity (Wildman–Crippen MR) is 104 cm³/mol.